The van der Waals surface area contributed by atoms with Gasteiger partial charge in [-0.05, 0) is 40.3 Å². The van der Waals surface area contributed by atoms with Crippen molar-refractivity contribution < 1.29 is 4.74 Å². The van der Waals surface area contributed by atoms with Crippen LogP contribution in [0.2, 0.25) is 0 Å². The van der Waals surface area contributed by atoms with Crippen LogP contribution in [-0.2, 0) is 4.74 Å². The van der Waals surface area contributed by atoms with Gasteiger partial charge in [0.15, 0.2) is 0 Å². The Kier molecular flexibility index (Phi) is 5.22. The first-order chi connectivity index (χ1) is 7.39. The molecule has 1 fully saturated rings. The van der Waals surface area contributed by atoms with E-state index in [2.05, 4.69) is 44.8 Å². The molecule has 0 bridgehead atoms. The molecule has 3 nitrogen and oxygen atoms in total. The summed E-state index contributed by atoms with van der Waals surface area (Å²) in [5, 5.41) is 3.46. The smallest absolute Gasteiger partial charge is 0.0757 e. The minimum atomic E-state index is 0.0170. The Morgan fingerprint density at radius 1 is 1.44 bits per heavy atom. The fraction of sp³-hybridized carbons (Fsp3) is 1.00. The number of nitrogens with one attached hydrogen (secondary N) is 1. The molecule has 16 heavy (non-hydrogen) atoms. The molecule has 1 N–H and O–H groups in total. The van der Waals surface area contributed by atoms with Crippen LogP contribution in [0.25, 0.3) is 0 Å². The van der Waals surface area contributed by atoms with E-state index < -0.39 is 0 Å². The summed E-state index contributed by atoms with van der Waals surface area (Å²) in [6, 6.07) is 0.597. The van der Waals surface area contributed by atoms with Crippen molar-refractivity contribution in [3.8, 4) is 0 Å². The van der Waals surface area contributed by atoms with E-state index >= 15 is 0 Å². The Labute approximate surface area is 101 Å². The Morgan fingerprint density at radius 2 is 2.12 bits per heavy atom. The van der Waals surface area contributed by atoms with Crippen molar-refractivity contribution in [1.82, 2.24) is 10.2 Å². The van der Waals surface area contributed by atoms with Crippen molar-refractivity contribution in [2.75, 3.05) is 26.2 Å². The highest BCUT2D eigenvalue weighted by molar-refractivity contribution is 4.82. The van der Waals surface area contributed by atoms with Crippen molar-refractivity contribution in [2.45, 2.75) is 58.8 Å². The van der Waals surface area contributed by atoms with Crippen LogP contribution in [0, 0.1) is 0 Å². The number of hydrogen-bond donors (Lipinski definition) is 1. The lowest BCUT2D eigenvalue weighted by Crippen LogP contribution is -2.52. The van der Waals surface area contributed by atoms with Crippen LogP contribution in [0.15, 0.2) is 0 Å². The average molecular weight is 228 g/mol. The lowest BCUT2D eigenvalue weighted by Gasteiger charge is -2.41. The normalized spacial score (nSPS) is 26.2. The zero-order valence-electron chi connectivity index (χ0n) is 11.5. The SMILES string of the molecule is CC(C)NCCCN1CC(C)OC(C)(C)C1. The van der Waals surface area contributed by atoms with E-state index in [4.69, 9.17) is 4.74 Å². The number of hydrogen-bond acceptors (Lipinski definition) is 3. The molecule has 0 saturated carbocycles. The standard InChI is InChI=1S/C13H28N2O/c1-11(2)14-7-6-8-15-9-12(3)16-13(4,5)10-15/h11-12,14H,6-10H2,1-5H3. The second-order valence-electron chi connectivity index (χ2n) is 5.89. The second-order valence-corrected chi connectivity index (χ2v) is 5.89. The van der Waals surface area contributed by atoms with Gasteiger partial charge in [0.2, 0.25) is 0 Å². The van der Waals surface area contributed by atoms with Crippen LogP contribution in [0.4, 0.5) is 0 Å². The maximum atomic E-state index is 5.89. The predicted molar refractivity (Wildman–Crippen MR) is 68.8 cm³/mol. The molecule has 0 radical (unpaired) electrons. The molecule has 1 heterocycles. The quantitative estimate of drug-likeness (QED) is 0.727. The van der Waals surface area contributed by atoms with Crippen LogP contribution in [-0.4, -0.2) is 48.8 Å². The van der Waals surface area contributed by atoms with Crippen LogP contribution in [0.5, 0.6) is 0 Å². The summed E-state index contributed by atoms with van der Waals surface area (Å²) in [6.07, 6.45) is 1.59. The molecular weight excluding hydrogens is 200 g/mol. The molecule has 1 aliphatic rings. The summed E-state index contributed by atoms with van der Waals surface area (Å²) >= 11 is 0. The zero-order chi connectivity index (χ0) is 12.2. The van der Waals surface area contributed by atoms with E-state index in [1.807, 2.05) is 0 Å². The first-order valence-corrected chi connectivity index (χ1v) is 6.52. The van der Waals surface area contributed by atoms with E-state index in [0.717, 1.165) is 19.6 Å². The van der Waals surface area contributed by atoms with E-state index in [-0.39, 0.29) is 5.60 Å². The first-order valence-electron chi connectivity index (χ1n) is 6.52. The molecule has 0 aliphatic carbocycles. The number of rotatable bonds is 5. The van der Waals surface area contributed by atoms with Crippen LogP contribution >= 0.6 is 0 Å². The van der Waals surface area contributed by atoms with Crippen molar-refractivity contribution in [1.29, 1.82) is 0 Å². The summed E-state index contributed by atoms with van der Waals surface area (Å²) < 4.78 is 5.89. The van der Waals surface area contributed by atoms with Gasteiger partial charge in [-0.3, -0.25) is 4.90 Å². The molecule has 1 saturated heterocycles. The third kappa shape index (κ3) is 5.28. The molecule has 1 atom stereocenters. The maximum Gasteiger partial charge on any atom is 0.0757 e. The minimum Gasteiger partial charge on any atom is -0.370 e. The number of nitrogens with zero attached hydrogens (tertiary/aromatic N) is 1. The van der Waals surface area contributed by atoms with Gasteiger partial charge in [-0.1, -0.05) is 13.8 Å². The fourth-order valence-electron chi connectivity index (χ4n) is 2.45. The molecule has 96 valence electrons. The molecule has 0 aromatic heterocycles. The lowest BCUT2D eigenvalue weighted by atomic mass is 10.1. The Balaban J connectivity index is 2.21. The van der Waals surface area contributed by atoms with Gasteiger partial charge < -0.3 is 10.1 Å². The Hall–Kier alpha value is -0.120. The predicted octanol–water partition coefficient (Wildman–Crippen LogP) is 1.87. The summed E-state index contributed by atoms with van der Waals surface area (Å²) in [7, 11) is 0. The van der Waals surface area contributed by atoms with Gasteiger partial charge in [-0.15, -0.1) is 0 Å². The monoisotopic (exact) mass is 228 g/mol. The highest BCUT2D eigenvalue weighted by Crippen LogP contribution is 2.20. The maximum absolute atomic E-state index is 5.89. The van der Waals surface area contributed by atoms with Gasteiger partial charge in [0.25, 0.3) is 0 Å². The minimum absolute atomic E-state index is 0.0170. The van der Waals surface area contributed by atoms with Gasteiger partial charge in [-0.25, -0.2) is 0 Å². The highest BCUT2D eigenvalue weighted by Gasteiger charge is 2.30. The fourth-order valence-corrected chi connectivity index (χ4v) is 2.45. The summed E-state index contributed by atoms with van der Waals surface area (Å²) in [6.45, 7) is 15.3. The van der Waals surface area contributed by atoms with E-state index in [1.54, 1.807) is 0 Å². The third-order valence-corrected chi connectivity index (χ3v) is 2.84. The number of morpholine rings is 1. The van der Waals surface area contributed by atoms with Gasteiger partial charge in [0.1, 0.15) is 0 Å². The van der Waals surface area contributed by atoms with Crippen LogP contribution in [0.3, 0.4) is 0 Å². The van der Waals surface area contributed by atoms with Gasteiger partial charge in [0, 0.05) is 19.1 Å². The molecule has 1 aliphatic heterocycles. The number of ether oxygens (including phenoxy) is 1. The van der Waals surface area contributed by atoms with Crippen molar-refractivity contribution in [3.05, 3.63) is 0 Å². The van der Waals surface area contributed by atoms with Gasteiger partial charge >= 0.3 is 0 Å². The largest absolute Gasteiger partial charge is 0.370 e. The summed E-state index contributed by atoms with van der Waals surface area (Å²) in [5.74, 6) is 0. The molecule has 0 spiro atoms. The topological polar surface area (TPSA) is 24.5 Å². The van der Waals surface area contributed by atoms with Gasteiger partial charge in [0.05, 0.1) is 11.7 Å². The molecule has 1 rings (SSSR count). The Morgan fingerprint density at radius 3 is 2.69 bits per heavy atom. The Bertz CT molecular complexity index is 204. The highest BCUT2D eigenvalue weighted by atomic mass is 16.5. The lowest BCUT2D eigenvalue weighted by molar-refractivity contribution is -0.128. The summed E-state index contributed by atoms with van der Waals surface area (Å²) in [4.78, 5) is 2.52. The molecule has 0 amide bonds. The van der Waals surface area contributed by atoms with Crippen LogP contribution < -0.4 is 5.32 Å². The van der Waals surface area contributed by atoms with E-state index in [9.17, 15) is 0 Å². The molecule has 1 unspecified atom stereocenters. The molecule has 0 aromatic carbocycles. The van der Waals surface area contributed by atoms with Gasteiger partial charge in [-0.2, -0.15) is 0 Å². The zero-order valence-corrected chi connectivity index (χ0v) is 11.5. The van der Waals surface area contributed by atoms with E-state index in [1.165, 1.54) is 13.0 Å². The van der Waals surface area contributed by atoms with Crippen molar-refractivity contribution in [3.63, 3.8) is 0 Å². The van der Waals surface area contributed by atoms with Crippen molar-refractivity contribution in [2.24, 2.45) is 0 Å². The third-order valence-electron chi connectivity index (χ3n) is 2.84. The van der Waals surface area contributed by atoms with E-state index in [0.29, 0.717) is 12.1 Å². The molecule has 3 heteroatoms. The molecule has 0 aromatic rings. The van der Waals surface area contributed by atoms with Crippen molar-refractivity contribution >= 4 is 0 Å². The first kappa shape index (κ1) is 13.9. The second kappa shape index (κ2) is 5.99. The average Bonchev–Trinajstić information content (AvgIpc) is 2.08. The van der Waals surface area contributed by atoms with Crippen LogP contribution in [0.1, 0.15) is 41.0 Å². The molecular formula is C13H28N2O. The summed E-state index contributed by atoms with van der Waals surface area (Å²) in [5.41, 5.74) is 0.0170.